The number of carbonyl (C=O) groups excluding carboxylic acids is 1. The van der Waals surface area contributed by atoms with Crippen molar-refractivity contribution in [1.82, 2.24) is 9.88 Å². The first-order valence-corrected chi connectivity index (χ1v) is 6.22. The monoisotopic (exact) mass is 273 g/mol. The Kier molecular flexibility index (Phi) is 3.98. The van der Waals surface area contributed by atoms with Crippen LogP contribution in [0.5, 0.6) is 0 Å². The Labute approximate surface area is 117 Å². The summed E-state index contributed by atoms with van der Waals surface area (Å²) in [6.07, 6.45) is 3.34. The highest BCUT2D eigenvalue weighted by Crippen LogP contribution is 2.21. The lowest BCUT2D eigenvalue weighted by molar-refractivity contribution is 0.0742. The molecule has 0 radical (unpaired) electrons. The van der Waals surface area contributed by atoms with E-state index in [0.29, 0.717) is 0 Å². The van der Waals surface area contributed by atoms with Crippen LogP contribution in [0.2, 0.25) is 0 Å². The van der Waals surface area contributed by atoms with Crippen molar-refractivity contribution in [2.24, 2.45) is 0 Å². The van der Waals surface area contributed by atoms with E-state index in [2.05, 4.69) is 4.98 Å². The minimum atomic E-state index is -0.515. The normalized spacial score (nSPS) is 11.9. The Morgan fingerprint density at radius 2 is 1.95 bits per heavy atom. The molecular formula is C15H16FN3O. The Morgan fingerprint density at radius 1 is 1.30 bits per heavy atom. The average Bonchev–Trinajstić information content (AvgIpc) is 2.45. The number of nitrogens with zero attached hydrogens (tertiary/aromatic N) is 2. The predicted molar refractivity (Wildman–Crippen MR) is 75.6 cm³/mol. The Hall–Kier alpha value is -2.43. The SMILES string of the molecule is CC(c1ccncc1)N(C)C(=O)c1cc(N)cc(F)c1. The largest absolute Gasteiger partial charge is 0.399 e. The molecule has 0 spiro atoms. The maximum atomic E-state index is 13.3. The fraction of sp³-hybridized carbons (Fsp3) is 0.200. The molecule has 2 aromatic rings. The zero-order valence-corrected chi connectivity index (χ0v) is 11.4. The van der Waals surface area contributed by atoms with Crippen LogP contribution in [0.15, 0.2) is 42.7 Å². The fourth-order valence-electron chi connectivity index (χ4n) is 1.98. The second-order valence-electron chi connectivity index (χ2n) is 4.65. The minimum absolute atomic E-state index is 0.144. The fourth-order valence-corrected chi connectivity index (χ4v) is 1.98. The molecule has 1 aromatic carbocycles. The highest BCUT2D eigenvalue weighted by atomic mass is 19.1. The highest BCUT2D eigenvalue weighted by Gasteiger charge is 2.19. The first-order chi connectivity index (χ1) is 9.49. The summed E-state index contributed by atoms with van der Waals surface area (Å²) in [5.41, 5.74) is 7.00. The van der Waals surface area contributed by atoms with Crippen LogP contribution in [0.1, 0.15) is 28.9 Å². The summed E-state index contributed by atoms with van der Waals surface area (Å²) in [5, 5.41) is 0. The number of hydrogen-bond acceptors (Lipinski definition) is 3. The van der Waals surface area contributed by atoms with Gasteiger partial charge in [0, 0.05) is 30.7 Å². The molecule has 1 unspecified atom stereocenters. The molecule has 5 heteroatoms. The van der Waals surface area contributed by atoms with Gasteiger partial charge in [0.1, 0.15) is 5.82 Å². The van der Waals surface area contributed by atoms with Crippen LogP contribution < -0.4 is 5.73 Å². The van der Waals surface area contributed by atoms with Crippen LogP contribution in [0.3, 0.4) is 0 Å². The lowest BCUT2D eigenvalue weighted by atomic mass is 10.1. The van der Waals surface area contributed by atoms with E-state index in [0.717, 1.165) is 5.56 Å². The summed E-state index contributed by atoms with van der Waals surface area (Å²) < 4.78 is 13.3. The number of nitrogen functional groups attached to an aromatic ring is 1. The van der Waals surface area contributed by atoms with Crippen molar-refractivity contribution in [2.45, 2.75) is 13.0 Å². The standard InChI is InChI=1S/C15H16FN3O/c1-10(11-3-5-18-6-4-11)19(2)15(20)12-7-13(16)9-14(17)8-12/h3-10H,17H2,1-2H3. The van der Waals surface area contributed by atoms with Gasteiger partial charge in [-0.3, -0.25) is 9.78 Å². The van der Waals surface area contributed by atoms with Gasteiger partial charge < -0.3 is 10.6 Å². The van der Waals surface area contributed by atoms with Gasteiger partial charge >= 0.3 is 0 Å². The molecule has 0 fully saturated rings. The first-order valence-electron chi connectivity index (χ1n) is 6.22. The summed E-state index contributed by atoms with van der Waals surface area (Å²) in [5.74, 6) is -0.793. The Bertz CT molecular complexity index is 596. The minimum Gasteiger partial charge on any atom is -0.399 e. The van der Waals surface area contributed by atoms with Gasteiger partial charge in [0.25, 0.3) is 5.91 Å². The molecule has 0 aliphatic carbocycles. The third-order valence-corrected chi connectivity index (χ3v) is 3.26. The van der Waals surface area contributed by atoms with Gasteiger partial charge in [-0.25, -0.2) is 4.39 Å². The zero-order chi connectivity index (χ0) is 14.7. The van der Waals surface area contributed by atoms with E-state index in [9.17, 15) is 9.18 Å². The molecule has 0 saturated heterocycles. The molecule has 104 valence electrons. The van der Waals surface area contributed by atoms with Gasteiger partial charge in [-0.2, -0.15) is 0 Å². The molecule has 2 rings (SSSR count). The number of nitrogens with two attached hydrogens (primary N) is 1. The first kappa shape index (κ1) is 14.0. The summed E-state index contributed by atoms with van der Waals surface area (Å²) in [4.78, 5) is 17.8. The molecule has 20 heavy (non-hydrogen) atoms. The van der Waals surface area contributed by atoms with E-state index in [4.69, 9.17) is 5.73 Å². The highest BCUT2D eigenvalue weighted by molar-refractivity contribution is 5.95. The van der Waals surface area contributed by atoms with Crippen LogP contribution in [-0.4, -0.2) is 22.8 Å². The van der Waals surface area contributed by atoms with E-state index in [1.807, 2.05) is 19.1 Å². The molecule has 4 nitrogen and oxygen atoms in total. The maximum Gasteiger partial charge on any atom is 0.254 e. The van der Waals surface area contributed by atoms with Crippen LogP contribution in [0.4, 0.5) is 10.1 Å². The number of benzene rings is 1. The van der Waals surface area contributed by atoms with E-state index in [1.165, 1.54) is 18.2 Å². The molecule has 0 saturated carbocycles. The van der Waals surface area contributed by atoms with Crippen LogP contribution in [0.25, 0.3) is 0 Å². The second kappa shape index (κ2) is 5.69. The number of carbonyl (C=O) groups is 1. The van der Waals surface area contributed by atoms with Crippen LogP contribution in [-0.2, 0) is 0 Å². The van der Waals surface area contributed by atoms with Crippen molar-refractivity contribution in [3.63, 3.8) is 0 Å². The second-order valence-corrected chi connectivity index (χ2v) is 4.65. The Balaban J connectivity index is 2.24. The van der Waals surface area contributed by atoms with E-state index in [1.54, 1.807) is 24.3 Å². The molecule has 0 aliphatic heterocycles. The topological polar surface area (TPSA) is 59.2 Å². The van der Waals surface area contributed by atoms with Crippen molar-refractivity contribution in [3.05, 3.63) is 59.7 Å². The van der Waals surface area contributed by atoms with Gasteiger partial charge in [0.15, 0.2) is 0 Å². The number of halogens is 1. The number of pyridine rings is 1. The number of hydrogen-bond donors (Lipinski definition) is 1. The van der Waals surface area contributed by atoms with Crippen molar-refractivity contribution in [1.29, 1.82) is 0 Å². The predicted octanol–water partition coefficient (Wildman–Crippen LogP) is 2.64. The molecule has 1 amide bonds. The van der Waals surface area contributed by atoms with Gasteiger partial charge in [0.2, 0.25) is 0 Å². The van der Waals surface area contributed by atoms with E-state index >= 15 is 0 Å². The van der Waals surface area contributed by atoms with E-state index < -0.39 is 5.82 Å². The third-order valence-electron chi connectivity index (χ3n) is 3.26. The lowest BCUT2D eigenvalue weighted by Crippen LogP contribution is -2.29. The third kappa shape index (κ3) is 2.93. The molecule has 1 aromatic heterocycles. The summed E-state index contributed by atoms with van der Waals surface area (Å²) >= 11 is 0. The Morgan fingerprint density at radius 3 is 2.55 bits per heavy atom. The van der Waals surface area contributed by atoms with Gasteiger partial charge in [-0.05, 0) is 42.8 Å². The van der Waals surface area contributed by atoms with Crippen LogP contribution >= 0.6 is 0 Å². The molecule has 0 aliphatic rings. The number of rotatable bonds is 3. The smallest absolute Gasteiger partial charge is 0.254 e. The molecule has 1 heterocycles. The summed E-state index contributed by atoms with van der Waals surface area (Å²) in [7, 11) is 1.68. The van der Waals surface area contributed by atoms with Gasteiger partial charge in [0.05, 0.1) is 6.04 Å². The van der Waals surface area contributed by atoms with Gasteiger partial charge in [-0.1, -0.05) is 0 Å². The number of anilines is 1. The number of aromatic nitrogens is 1. The van der Waals surface area contributed by atoms with Gasteiger partial charge in [-0.15, -0.1) is 0 Å². The van der Waals surface area contributed by atoms with Crippen molar-refractivity contribution in [2.75, 3.05) is 12.8 Å². The summed E-state index contributed by atoms with van der Waals surface area (Å²) in [6.45, 7) is 1.90. The average molecular weight is 273 g/mol. The summed E-state index contributed by atoms with van der Waals surface area (Å²) in [6, 6.07) is 7.39. The van der Waals surface area contributed by atoms with Crippen molar-refractivity contribution < 1.29 is 9.18 Å². The quantitative estimate of drug-likeness (QED) is 0.874. The number of amides is 1. The lowest BCUT2D eigenvalue weighted by Gasteiger charge is -2.25. The zero-order valence-electron chi connectivity index (χ0n) is 11.4. The van der Waals surface area contributed by atoms with E-state index in [-0.39, 0.29) is 23.2 Å². The molecule has 2 N–H and O–H groups in total. The van der Waals surface area contributed by atoms with Crippen LogP contribution in [0, 0.1) is 5.82 Å². The molecular weight excluding hydrogens is 257 g/mol. The van der Waals surface area contributed by atoms with Crippen molar-refractivity contribution >= 4 is 11.6 Å². The molecule has 0 bridgehead atoms. The maximum absolute atomic E-state index is 13.3. The molecule has 1 atom stereocenters. The van der Waals surface area contributed by atoms with Crippen molar-refractivity contribution in [3.8, 4) is 0 Å².